The fraction of sp³-hybridized carbons (Fsp3) is 0.421. The summed E-state index contributed by atoms with van der Waals surface area (Å²) in [6.07, 6.45) is 3.41. The summed E-state index contributed by atoms with van der Waals surface area (Å²) in [6.45, 7) is 4.47. The van der Waals surface area contributed by atoms with Gasteiger partial charge in [-0.1, -0.05) is 6.07 Å². The molecule has 1 fully saturated rings. The van der Waals surface area contributed by atoms with E-state index in [1.165, 1.54) is 12.1 Å². The molecule has 1 aliphatic heterocycles. The smallest absolute Gasteiger partial charge is 0.123 e. The minimum absolute atomic E-state index is 0.205. The van der Waals surface area contributed by atoms with Gasteiger partial charge in [-0.25, -0.2) is 4.39 Å². The number of halogens is 1. The van der Waals surface area contributed by atoms with Crippen molar-refractivity contribution in [1.82, 2.24) is 9.88 Å². The number of rotatable bonds is 5. The molecule has 1 aromatic carbocycles. The Labute approximate surface area is 141 Å². The van der Waals surface area contributed by atoms with Gasteiger partial charge in [0, 0.05) is 19.3 Å². The van der Waals surface area contributed by atoms with Crippen LogP contribution in [0.1, 0.15) is 24.1 Å². The Hall–Kier alpha value is -1.98. The number of aryl methyl sites for hydroxylation is 1. The molecule has 1 unspecified atom stereocenters. The zero-order valence-corrected chi connectivity index (χ0v) is 13.9. The van der Waals surface area contributed by atoms with Gasteiger partial charge < -0.3 is 9.84 Å². The molecular formula is C19H23FN2O2. The minimum atomic E-state index is -0.894. The van der Waals surface area contributed by atoms with E-state index in [0.29, 0.717) is 18.7 Å². The van der Waals surface area contributed by atoms with E-state index in [-0.39, 0.29) is 12.4 Å². The van der Waals surface area contributed by atoms with Crippen LogP contribution >= 0.6 is 0 Å². The highest BCUT2D eigenvalue weighted by atomic mass is 19.1. The first-order valence-electron chi connectivity index (χ1n) is 8.28. The van der Waals surface area contributed by atoms with Crippen molar-refractivity contribution in [3.05, 3.63) is 59.7 Å². The summed E-state index contributed by atoms with van der Waals surface area (Å²) < 4.78 is 18.6. The van der Waals surface area contributed by atoms with Crippen molar-refractivity contribution in [2.45, 2.75) is 31.9 Å². The number of nitrogens with zero attached hydrogens (tertiary/aromatic N) is 2. The van der Waals surface area contributed by atoms with Crippen LogP contribution in [0.5, 0.6) is 5.75 Å². The fourth-order valence-corrected chi connectivity index (χ4v) is 3.10. The lowest BCUT2D eigenvalue weighted by atomic mass is 9.93. The number of piperidine rings is 1. The van der Waals surface area contributed by atoms with Gasteiger partial charge in [-0.05, 0) is 62.2 Å². The molecule has 0 spiro atoms. The standard InChI is InChI=1S/C19H23FN2O2/c1-15-4-2-10-21-18(15)12-22-11-3-9-19(23,13-22)14-24-17-7-5-16(20)6-8-17/h2,4-8,10,23H,3,9,11-14H2,1H3. The Morgan fingerprint density at radius 1 is 1.29 bits per heavy atom. The van der Waals surface area contributed by atoms with Crippen LogP contribution in [-0.4, -0.2) is 40.3 Å². The molecule has 1 saturated heterocycles. The number of benzene rings is 1. The van der Waals surface area contributed by atoms with Crippen LogP contribution in [0.15, 0.2) is 42.6 Å². The van der Waals surface area contributed by atoms with E-state index in [4.69, 9.17) is 4.74 Å². The molecule has 0 radical (unpaired) electrons. The third kappa shape index (κ3) is 4.30. The van der Waals surface area contributed by atoms with E-state index in [9.17, 15) is 9.50 Å². The lowest BCUT2D eigenvalue weighted by Gasteiger charge is -2.38. The second kappa shape index (κ2) is 7.28. The van der Waals surface area contributed by atoms with Crippen molar-refractivity contribution >= 4 is 0 Å². The summed E-state index contributed by atoms with van der Waals surface area (Å²) in [7, 11) is 0. The highest BCUT2D eigenvalue weighted by Crippen LogP contribution is 2.24. The molecule has 4 nitrogen and oxygen atoms in total. The van der Waals surface area contributed by atoms with E-state index < -0.39 is 5.60 Å². The second-order valence-corrected chi connectivity index (χ2v) is 6.55. The van der Waals surface area contributed by atoms with Crippen LogP contribution in [0.25, 0.3) is 0 Å². The average Bonchev–Trinajstić information content (AvgIpc) is 2.57. The second-order valence-electron chi connectivity index (χ2n) is 6.55. The topological polar surface area (TPSA) is 45.6 Å². The molecular weight excluding hydrogens is 307 g/mol. The largest absolute Gasteiger partial charge is 0.491 e. The van der Waals surface area contributed by atoms with Crippen LogP contribution < -0.4 is 4.74 Å². The molecule has 0 saturated carbocycles. The Kier molecular flexibility index (Phi) is 5.11. The maximum Gasteiger partial charge on any atom is 0.123 e. The first kappa shape index (κ1) is 16.9. The molecule has 1 atom stereocenters. The summed E-state index contributed by atoms with van der Waals surface area (Å²) in [6, 6.07) is 9.86. The quantitative estimate of drug-likeness (QED) is 0.915. The molecule has 24 heavy (non-hydrogen) atoms. The Morgan fingerprint density at radius 3 is 2.83 bits per heavy atom. The number of ether oxygens (including phenoxy) is 1. The van der Waals surface area contributed by atoms with E-state index in [0.717, 1.165) is 30.8 Å². The van der Waals surface area contributed by atoms with Crippen molar-refractivity contribution < 1.29 is 14.2 Å². The van der Waals surface area contributed by atoms with E-state index >= 15 is 0 Å². The molecule has 2 aromatic rings. The zero-order valence-electron chi connectivity index (χ0n) is 13.9. The Balaban J connectivity index is 1.59. The predicted molar refractivity (Wildman–Crippen MR) is 90.3 cm³/mol. The van der Waals surface area contributed by atoms with Gasteiger partial charge in [0.1, 0.15) is 23.8 Å². The highest BCUT2D eigenvalue weighted by Gasteiger charge is 2.34. The monoisotopic (exact) mass is 330 g/mol. The highest BCUT2D eigenvalue weighted by molar-refractivity contribution is 5.22. The van der Waals surface area contributed by atoms with Crippen molar-refractivity contribution in [2.75, 3.05) is 19.7 Å². The van der Waals surface area contributed by atoms with Crippen molar-refractivity contribution in [3.63, 3.8) is 0 Å². The number of hydrogen-bond donors (Lipinski definition) is 1. The lowest BCUT2D eigenvalue weighted by Crippen LogP contribution is -2.51. The Morgan fingerprint density at radius 2 is 2.08 bits per heavy atom. The van der Waals surface area contributed by atoms with E-state index in [1.807, 2.05) is 6.07 Å². The molecule has 0 amide bonds. The summed E-state index contributed by atoms with van der Waals surface area (Å²) in [5, 5.41) is 10.8. The van der Waals surface area contributed by atoms with Crippen molar-refractivity contribution in [2.24, 2.45) is 0 Å². The van der Waals surface area contributed by atoms with Gasteiger partial charge in [-0.2, -0.15) is 0 Å². The number of aromatic nitrogens is 1. The molecule has 2 heterocycles. The first-order chi connectivity index (χ1) is 11.5. The molecule has 1 N–H and O–H groups in total. The number of pyridine rings is 1. The summed E-state index contributed by atoms with van der Waals surface area (Å²) >= 11 is 0. The maximum absolute atomic E-state index is 12.9. The van der Waals surface area contributed by atoms with Crippen molar-refractivity contribution in [3.8, 4) is 5.75 Å². The normalized spacial score (nSPS) is 21.6. The SMILES string of the molecule is Cc1cccnc1CN1CCCC(O)(COc2ccc(F)cc2)C1. The van der Waals surface area contributed by atoms with Crippen LogP contribution in [0.4, 0.5) is 4.39 Å². The molecule has 128 valence electrons. The van der Waals surface area contributed by atoms with Crippen LogP contribution in [0, 0.1) is 12.7 Å². The summed E-state index contributed by atoms with van der Waals surface area (Å²) in [5.41, 5.74) is 1.31. The van der Waals surface area contributed by atoms with Crippen LogP contribution in [-0.2, 0) is 6.54 Å². The van der Waals surface area contributed by atoms with Gasteiger partial charge in [0.05, 0.1) is 5.69 Å². The van der Waals surface area contributed by atoms with Gasteiger partial charge in [0.15, 0.2) is 0 Å². The maximum atomic E-state index is 12.9. The molecule has 3 rings (SSSR count). The fourth-order valence-electron chi connectivity index (χ4n) is 3.10. The third-order valence-electron chi connectivity index (χ3n) is 4.45. The number of likely N-dealkylation sites (tertiary alicyclic amines) is 1. The van der Waals surface area contributed by atoms with Gasteiger partial charge in [-0.3, -0.25) is 9.88 Å². The molecule has 1 aliphatic rings. The summed E-state index contributed by atoms with van der Waals surface area (Å²) in [4.78, 5) is 6.65. The molecule has 1 aromatic heterocycles. The lowest BCUT2D eigenvalue weighted by molar-refractivity contribution is -0.0623. The Bertz CT molecular complexity index is 677. The zero-order chi connectivity index (χ0) is 17.0. The van der Waals surface area contributed by atoms with E-state index in [1.54, 1.807) is 18.3 Å². The minimum Gasteiger partial charge on any atom is -0.491 e. The number of β-amino-alcohol motifs (C(OH)–C–C–N with tert-alkyl or cyclic N) is 1. The molecule has 0 bridgehead atoms. The third-order valence-corrected chi connectivity index (χ3v) is 4.45. The molecule has 0 aliphatic carbocycles. The van der Waals surface area contributed by atoms with Crippen molar-refractivity contribution in [1.29, 1.82) is 0 Å². The number of hydrogen-bond acceptors (Lipinski definition) is 4. The number of aliphatic hydroxyl groups is 1. The van der Waals surface area contributed by atoms with Gasteiger partial charge in [0.2, 0.25) is 0 Å². The predicted octanol–water partition coefficient (Wildman–Crippen LogP) is 2.94. The van der Waals surface area contributed by atoms with E-state index in [2.05, 4.69) is 22.9 Å². The van der Waals surface area contributed by atoms with Gasteiger partial charge in [-0.15, -0.1) is 0 Å². The first-order valence-corrected chi connectivity index (χ1v) is 8.28. The van der Waals surface area contributed by atoms with Gasteiger partial charge >= 0.3 is 0 Å². The van der Waals surface area contributed by atoms with Gasteiger partial charge in [0.25, 0.3) is 0 Å². The summed E-state index contributed by atoms with van der Waals surface area (Å²) in [5.74, 6) is 0.276. The molecule has 5 heteroatoms. The average molecular weight is 330 g/mol. The van der Waals surface area contributed by atoms with Crippen LogP contribution in [0.2, 0.25) is 0 Å². The van der Waals surface area contributed by atoms with Crippen LogP contribution in [0.3, 0.4) is 0 Å².